The summed E-state index contributed by atoms with van der Waals surface area (Å²) in [6.45, 7) is 7.13. The van der Waals surface area contributed by atoms with Gasteiger partial charge in [-0.25, -0.2) is 0 Å². The first-order valence-electron chi connectivity index (χ1n) is 7.16. The molecule has 0 saturated heterocycles. The van der Waals surface area contributed by atoms with Crippen LogP contribution in [0.3, 0.4) is 0 Å². The smallest absolute Gasteiger partial charge is 0.394 e. The van der Waals surface area contributed by atoms with Crippen LogP contribution in [0.25, 0.3) is 0 Å². The Bertz CT molecular complexity index is 420. The van der Waals surface area contributed by atoms with Crippen LogP contribution in [0.2, 0.25) is 0 Å². The van der Waals surface area contributed by atoms with E-state index in [9.17, 15) is 18.3 Å². The normalized spacial score (nSPS) is 13.7. The summed E-state index contributed by atoms with van der Waals surface area (Å²) in [6, 6.07) is 4.61. The van der Waals surface area contributed by atoms with Crippen LogP contribution in [-0.4, -0.2) is 42.8 Å². The fourth-order valence-corrected chi connectivity index (χ4v) is 2.16. The highest BCUT2D eigenvalue weighted by Crippen LogP contribution is 2.30. The number of hydrogen-bond donors (Lipinski definition) is 2. The Morgan fingerprint density at radius 3 is 2.43 bits per heavy atom. The third-order valence-corrected chi connectivity index (χ3v) is 3.51. The van der Waals surface area contributed by atoms with E-state index in [1.165, 1.54) is 6.07 Å². The topological polar surface area (TPSA) is 35.5 Å². The Balaban J connectivity index is 2.68. The number of likely N-dealkylation sites (N-methyl/N-ethyl adjacent to an activating group) is 1. The van der Waals surface area contributed by atoms with E-state index in [0.717, 1.165) is 31.8 Å². The van der Waals surface area contributed by atoms with Crippen molar-refractivity contribution in [3.05, 3.63) is 35.4 Å². The molecule has 0 amide bonds. The molecule has 1 aromatic rings. The van der Waals surface area contributed by atoms with Gasteiger partial charge in [-0.05, 0) is 30.8 Å². The van der Waals surface area contributed by atoms with Gasteiger partial charge in [0.25, 0.3) is 0 Å². The number of halogens is 3. The number of aliphatic hydroxyl groups excluding tert-OH is 1. The highest BCUT2D eigenvalue weighted by Gasteiger charge is 2.30. The zero-order chi connectivity index (χ0) is 15.9. The first-order chi connectivity index (χ1) is 9.92. The van der Waals surface area contributed by atoms with Crippen LogP contribution in [0.5, 0.6) is 0 Å². The summed E-state index contributed by atoms with van der Waals surface area (Å²) >= 11 is 0. The second-order valence-electron chi connectivity index (χ2n) is 4.84. The highest BCUT2D eigenvalue weighted by molar-refractivity contribution is 5.28. The van der Waals surface area contributed by atoms with Crippen LogP contribution >= 0.6 is 0 Å². The maximum absolute atomic E-state index is 12.7. The van der Waals surface area contributed by atoms with E-state index in [-0.39, 0.29) is 6.61 Å². The summed E-state index contributed by atoms with van der Waals surface area (Å²) in [5.41, 5.74) is -0.240. The Morgan fingerprint density at radius 1 is 1.24 bits per heavy atom. The van der Waals surface area contributed by atoms with Crippen molar-refractivity contribution in [3.63, 3.8) is 0 Å². The molecule has 1 unspecified atom stereocenters. The molecule has 0 aromatic heterocycles. The predicted octanol–water partition coefficient (Wildman–Crippen LogP) is 2.67. The fraction of sp³-hybridized carbons (Fsp3) is 0.600. The number of aliphatic hydroxyl groups is 1. The average Bonchev–Trinajstić information content (AvgIpc) is 2.47. The zero-order valence-electron chi connectivity index (χ0n) is 12.5. The van der Waals surface area contributed by atoms with Crippen molar-refractivity contribution < 1.29 is 18.3 Å². The molecule has 120 valence electrons. The summed E-state index contributed by atoms with van der Waals surface area (Å²) < 4.78 is 38.1. The predicted molar refractivity (Wildman–Crippen MR) is 77.1 cm³/mol. The van der Waals surface area contributed by atoms with Gasteiger partial charge in [-0.3, -0.25) is 0 Å². The molecule has 2 N–H and O–H groups in total. The molecule has 0 bridgehead atoms. The zero-order valence-corrected chi connectivity index (χ0v) is 12.5. The number of rotatable bonds is 8. The van der Waals surface area contributed by atoms with Crippen LogP contribution in [0.4, 0.5) is 13.2 Å². The highest BCUT2D eigenvalue weighted by atomic mass is 19.4. The molecular weight excluding hydrogens is 281 g/mol. The van der Waals surface area contributed by atoms with Crippen LogP contribution < -0.4 is 5.32 Å². The number of benzene rings is 1. The molecule has 1 aromatic carbocycles. The third-order valence-electron chi connectivity index (χ3n) is 3.51. The van der Waals surface area contributed by atoms with E-state index >= 15 is 0 Å². The van der Waals surface area contributed by atoms with Crippen LogP contribution in [0.15, 0.2) is 24.3 Å². The first kappa shape index (κ1) is 17.9. The number of hydrogen-bond acceptors (Lipinski definition) is 3. The second kappa shape index (κ2) is 8.36. The van der Waals surface area contributed by atoms with E-state index in [2.05, 4.69) is 24.1 Å². The molecule has 21 heavy (non-hydrogen) atoms. The van der Waals surface area contributed by atoms with Crippen molar-refractivity contribution in [2.75, 3.05) is 32.8 Å². The van der Waals surface area contributed by atoms with Crippen molar-refractivity contribution in [1.29, 1.82) is 0 Å². The summed E-state index contributed by atoms with van der Waals surface area (Å²) in [5, 5.41) is 12.5. The molecule has 3 nitrogen and oxygen atoms in total. The Labute approximate surface area is 123 Å². The van der Waals surface area contributed by atoms with Gasteiger partial charge in [0.1, 0.15) is 0 Å². The minimum atomic E-state index is -4.36. The molecule has 1 atom stereocenters. The Kier molecular flexibility index (Phi) is 7.14. The monoisotopic (exact) mass is 304 g/mol. The van der Waals surface area contributed by atoms with Gasteiger partial charge in [0, 0.05) is 13.1 Å². The Morgan fingerprint density at radius 2 is 1.90 bits per heavy atom. The molecule has 0 heterocycles. The summed E-state index contributed by atoms with van der Waals surface area (Å²) in [6.07, 6.45) is -4.36. The molecule has 0 saturated carbocycles. The molecular formula is C15H23F3N2O. The summed E-state index contributed by atoms with van der Waals surface area (Å²) in [7, 11) is 0. The van der Waals surface area contributed by atoms with Crippen LogP contribution in [0.1, 0.15) is 31.0 Å². The SMILES string of the molecule is CCN(CC)CCNC(CO)c1cccc(C(F)(F)F)c1. The fourth-order valence-electron chi connectivity index (χ4n) is 2.16. The lowest BCUT2D eigenvalue weighted by Crippen LogP contribution is -2.34. The summed E-state index contributed by atoms with van der Waals surface area (Å²) in [4.78, 5) is 2.20. The van der Waals surface area contributed by atoms with E-state index in [1.807, 2.05) is 0 Å². The maximum Gasteiger partial charge on any atom is 0.416 e. The van der Waals surface area contributed by atoms with Gasteiger partial charge in [-0.1, -0.05) is 26.0 Å². The van der Waals surface area contributed by atoms with Crippen molar-refractivity contribution in [1.82, 2.24) is 10.2 Å². The quantitative estimate of drug-likeness (QED) is 0.775. The molecule has 0 spiro atoms. The third kappa shape index (κ3) is 5.65. The maximum atomic E-state index is 12.7. The van der Waals surface area contributed by atoms with Gasteiger partial charge < -0.3 is 15.3 Å². The molecule has 0 aliphatic rings. The van der Waals surface area contributed by atoms with Gasteiger partial charge in [-0.2, -0.15) is 13.2 Å². The van der Waals surface area contributed by atoms with Gasteiger partial charge in [0.05, 0.1) is 18.2 Å². The van der Waals surface area contributed by atoms with E-state index < -0.39 is 17.8 Å². The van der Waals surface area contributed by atoms with E-state index in [1.54, 1.807) is 6.07 Å². The second-order valence-corrected chi connectivity index (χ2v) is 4.84. The molecule has 0 radical (unpaired) electrons. The largest absolute Gasteiger partial charge is 0.416 e. The lowest BCUT2D eigenvalue weighted by atomic mass is 10.0. The Hall–Kier alpha value is -1.11. The van der Waals surface area contributed by atoms with Crippen LogP contribution in [0, 0.1) is 0 Å². The molecule has 6 heteroatoms. The molecule has 0 fully saturated rings. The standard InChI is InChI=1S/C15H23F3N2O/c1-3-20(4-2)9-8-19-14(11-21)12-6-5-7-13(10-12)15(16,17)18/h5-7,10,14,19,21H,3-4,8-9,11H2,1-2H3. The average molecular weight is 304 g/mol. The van der Waals surface area contributed by atoms with Crippen LogP contribution in [-0.2, 0) is 6.18 Å². The van der Waals surface area contributed by atoms with Gasteiger partial charge in [0.15, 0.2) is 0 Å². The van der Waals surface area contributed by atoms with Crippen molar-refractivity contribution in [3.8, 4) is 0 Å². The number of nitrogens with one attached hydrogen (secondary N) is 1. The van der Waals surface area contributed by atoms with Gasteiger partial charge in [-0.15, -0.1) is 0 Å². The van der Waals surface area contributed by atoms with Gasteiger partial charge >= 0.3 is 6.18 Å². The lowest BCUT2D eigenvalue weighted by Gasteiger charge is -2.22. The molecule has 1 rings (SSSR count). The van der Waals surface area contributed by atoms with Crippen molar-refractivity contribution in [2.24, 2.45) is 0 Å². The van der Waals surface area contributed by atoms with E-state index in [4.69, 9.17) is 0 Å². The minimum Gasteiger partial charge on any atom is -0.394 e. The molecule has 0 aliphatic heterocycles. The lowest BCUT2D eigenvalue weighted by molar-refractivity contribution is -0.137. The van der Waals surface area contributed by atoms with Crippen molar-refractivity contribution >= 4 is 0 Å². The van der Waals surface area contributed by atoms with Crippen molar-refractivity contribution in [2.45, 2.75) is 26.1 Å². The number of nitrogens with zero attached hydrogens (tertiary/aromatic N) is 1. The summed E-state index contributed by atoms with van der Waals surface area (Å²) in [5.74, 6) is 0. The minimum absolute atomic E-state index is 0.237. The van der Waals surface area contributed by atoms with E-state index in [0.29, 0.717) is 12.1 Å². The first-order valence-corrected chi connectivity index (χ1v) is 7.16. The molecule has 0 aliphatic carbocycles. The van der Waals surface area contributed by atoms with Gasteiger partial charge in [0.2, 0.25) is 0 Å². The number of alkyl halides is 3.